The molecule has 1 aromatic heterocycles. The van der Waals surface area contributed by atoms with E-state index in [1.807, 2.05) is 46.0 Å². The molecule has 6 nitrogen and oxygen atoms in total. The Morgan fingerprint density at radius 1 is 1.07 bits per heavy atom. The van der Waals surface area contributed by atoms with E-state index in [1.165, 1.54) is 11.3 Å². The van der Waals surface area contributed by atoms with Gasteiger partial charge in [-0.2, -0.15) is 11.3 Å². The summed E-state index contributed by atoms with van der Waals surface area (Å²) in [6.45, 7) is 7.28. The molecule has 0 spiro atoms. The molecule has 0 radical (unpaired) electrons. The number of unbranched alkanes of at least 4 members (excludes halogenated alkanes) is 1. The summed E-state index contributed by atoms with van der Waals surface area (Å²) in [6, 6.07) is 9.25. The molecule has 0 unspecified atom stereocenters. The van der Waals surface area contributed by atoms with Gasteiger partial charge >= 0.3 is 0 Å². The van der Waals surface area contributed by atoms with E-state index in [4.69, 9.17) is 4.74 Å². The Hall–Kier alpha value is -2.09. The molecule has 3 rings (SSSR count). The highest BCUT2D eigenvalue weighted by molar-refractivity contribution is 7.08. The van der Waals surface area contributed by atoms with E-state index in [2.05, 4.69) is 17.1 Å². The van der Waals surface area contributed by atoms with Gasteiger partial charge in [-0.1, -0.05) is 13.3 Å². The van der Waals surface area contributed by atoms with Gasteiger partial charge in [-0.05, 0) is 42.1 Å². The lowest BCUT2D eigenvalue weighted by molar-refractivity contribution is 0.0638. The van der Waals surface area contributed by atoms with Crippen molar-refractivity contribution in [2.24, 2.45) is 0 Å². The maximum Gasteiger partial charge on any atom is 0.253 e. The van der Waals surface area contributed by atoms with Crippen molar-refractivity contribution in [3.05, 3.63) is 52.2 Å². The second kappa shape index (κ2) is 12.6. The number of carbonyl (C=O) groups is 2. The van der Waals surface area contributed by atoms with Gasteiger partial charge in [0.25, 0.3) is 11.8 Å². The summed E-state index contributed by atoms with van der Waals surface area (Å²) in [4.78, 5) is 28.9. The standard InChI is InChI=1S/C22H29N3O3S.ClH/c1-2-3-15-28-20-6-4-18(5-7-20)22(27)25-13-11-24(12-14-25)10-9-23-21(26)19-8-16-29-17-19;/h4-8,16-17H,2-3,9-15H2,1H3,(H,23,26);1H. The van der Waals surface area contributed by atoms with Crippen molar-refractivity contribution >= 4 is 35.6 Å². The first kappa shape index (κ1) is 24.2. The van der Waals surface area contributed by atoms with E-state index in [0.29, 0.717) is 37.4 Å². The number of thiophene rings is 1. The van der Waals surface area contributed by atoms with Crippen LogP contribution >= 0.6 is 23.7 Å². The second-order valence-electron chi connectivity index (χ2n) is 7.13. The van der Waals surface area contributed by atoms with Crippen molar-refractivity contribution in [3.63, 3.8) is 0 Å². The molecule has 8 heteroatoms. The highest BCUT2D eigenvalue weighted by atomic mass is 35.5. The zero-order valence-electron chi connectivity index (χ0n) is 17.3. The molecular weight excluding hydrogens is 422 g/mol. The lowest BCUT2D eigenvalue weighted by atomic mass is 10.1. The van der Waals surface area contributed by atoms with Crippen molar-refractivity contribution < 1.29 is 14.3 Å². The molecule has 1 saturated heterocycles. The second-order valence-corrected chi connectivity index (χ2v) is 7.91. The van der Waals surface area contributed by atoms with Crippen molar-refractivity contribution in [2.75, 3.05) is 45.9 Å². The largest absolute Gasteiger partial charge is 0.494 e. The van der Waals surface area contributed by atoms with Crippen LogP contribution in [0.15, 0.2) is 41.1 Å². The van der Waals surface area contributed by atoms with E-state index in [9.17, 15) is 9.59 Å². The van der Waals surface area contributed by atoms with Gasteiger partial charge < -0.3 is 15.0 Å². The summed E-state index contributed by atoms with van der Waals surface area (Å²) in [7, 11) is 0. The van der Waals surface area contributed by atoms with Gasteiger partial charge in [-0.3, -0.25) is 14.5 Å². The molecule has 0 atom stereocenters. The van der Waals surface area contributed by atoms with E-state index in [1.54, 1.807) is 0 Å². The average molecular weight is 452 g/mol. The van der Waals surface area contributed by atoms with Gasteiger partial charge in [0, 0.05) is 55.8 Å². The van der Waals surface area contributed by atoms with Crippen LogP contribution in [-0.2, 0) is 0 Å². The number of halogens is 1. The van der Waals surface area contributed by atoms with Crippen LogP contribution in [0.4, 0.5) is 0 Å². The van der Waals surface area contributed by atoms with Crippen LogP contribution < -0.4 is 10.1 Å². The molecule has 30 heavy (non-hydrogen) atoms. The van der Waals surface area contributed by atoms with Gasteiger partial charge in [0.05, 0.1) is 6.61 Å². The van der Waals surface area contributed by atoms with E-state index < -0.39 is 0 Å². The molecule has 1 fully saturated rings. The number of nitrogens with one attached hydrogen (secondary N) is 1. The molecule has 1 aliphatic rings. The first-order valence-electron chi connectivity index (χ1n) is 10.2. The van der Waals surface area contributed by atoms with Crippen LogP contribution in [0, 0.1) is 0 Å². The third-order valence-electron chi connectivity index (χ3n) is 5.02. The lowest BCUT2D eigenvalue weighted by Gasteiger charge is -2.34. The molecule has 164 valence electrons. The summed E-state index contributed by atoms with van der Waals surface area (Å²) < 4.78 is 5.66. The van der Waals surface area contributed by atoms with Gasteiger partial charge in [0.15, 0.2) is 0 Å². The third-order valence-corrected chi connectivity index (χ3v) is 5.71. The lowest BCUT2D eigenvalue weighted by Crippen LogP contribution is -2.50. The molecule has 0 saturated carbocycles. The summed E-state index contributed by atoms with van der Waals surface area (Å²) in [5.74, 6) is 0.849. The summed E-state index contributed by atoms with van der Waals surface area (Å²) in [5, 5.41) is 6.70. The van der Waals surface area contributed by atoms with E-state index in [-0.39, 0.29) is 24.2 Å². The number of piperazine rings is 1. The Morgan fingerprint density at radius 3 is 2.43 bits per heavy atom. The summed E-state index contributed by atoms with van der Waals surface area (Å²) in [5.41, 5.74) is 1.41. The summed E-state index contributed by atoms with van der Waals surface area (Å²) >= 11 is 1.52. The van der Waals surface area contributed by atoms with Crippen molar-refractivity contribution in [1.82, 2.24) is 15.1 Å². The SMILES string of the molecule is CCCCOc1ccc(C(=O)N2CCN(CCNC(=O)c3ccsc3)CC2)cc1.Cl. The van der Waals surface area contributed by atoms with Crippen LogP contribution in [-0.4, -0.2) is 67.5 Å². The van der Waals surface area contributed by atoms with Gasteiger partial charge in [0.2, 0.25) is 0 Å². The molecule has 2 heterocycles. The predicted molar refractivity (Wildman–Crippen MR) is 123 cm³/mol. The zero-order chi connectivity index (χ0) is 20.5. The average Bonchev–Trinajstić information content (AvgIpc) is 3.29. The van der Waals surface area contributed by atoms with E-state index >= 15 is 0 Å². The molecule has 2 amide bonds. The number of benzene rings is 1. The smallest absolute Gasteiger partial charge is 0.253 e. The number of rotatable bonds is 9. The van der Waals surface area contributed by atoms with E-state index in [0.717, 1.165) is 38.2 Å². The molecule has 0 bridgehead atoms. The van der Waals surface area contributed by atoms with Crippen molar-refractivity contribution in [2.45, 2.75) is 19.8 Å². The minimum absolute atomic E-state index is 0. The Balaban J connectivity index is 0.00000320. The van der Waals surface area contributed by atoms with Crippen LogP contribution in [0.2, 0.25) is 0 Å². The highest BCUT2D eigenvalue weighted by Crippen LogP contribution is 2.15. The third kappa shape index (κ3) is 7.00. The topological polar surface area (TPSA) is 61.9 Å². The van der Waals surface area contributed by atoms with Crippen LogP contribution in [0.3, 0.4) is 0 Å². The Kier molecular flexibility index (Phi) is 10.1. The van der Waals surface area contributed by atoms with Crippen molar-refractivity contribution in [3.8, 4) is 5.75 Å². The fourth-order valence-electron chi connectivity index (χ4n) is 3.21. The molecule has 1 aromatic carbocycles. The number of hydrogen-bond donors (Lipinski definition) is 1. The highest BCUT2D eigenvalue weighted by Gasteiger charge is 2.22. The first-order chi connectivity index (χ1) is 14.2. The fourth-order valence-corrected chi connectivity index (χ4v) is 3.84. The maximum atomic E-state index is 12.7. The Labute approximate surface area is 188 Å². The molecule has 1 N–H and O–H groups in total. The first-order valence-corrected chi connectivity index (χ1v) is 11.2. The fraction of sp³-hybridized carbons (Fsp3) is 0.455. The Morgan fingerprint density at radius 2 is 1.80 bits per heavy atom. The number of nitrogens with zero attached hydrogens (tertiary/aromatic N) is 2. The number of hydrogen-bond acceptors (Lipinski definition) is 5. The molecule has 1 aliphatic heterocycles. The van der Waals surface area contributed by atoms with Gasteiger partial charge in [-0.25, -0.2) is 0 Å². The number of ether oxygens (including phenoxy) is 1. The molecule has 2 aromatic rings. The summed E-state index contributed by atoms with van der Waals surface area (Å²) in [6.07, 6.45) is 2.13. The van der Waals surface area contributed by atoms with Crippen LogP contribution in [0.5, 0.6) is 5.75 Å². The molecule has 0 aliphatic carbocycles. The minimum atomic E-state index is -0.0258. The monoisotopic (exact) mass is 451 g/mol. The normalized spacial score (nSPS) is 14.1. The molecular formula is C22H30ClN3O3S. The predicted octanol–water partition coefficient (Wildman–Crippen LogP) is 3.54. The maximum absolute atomic E-state index is 12.7. The number of carbonyl (C=O) groups excluding carboxylic acids is 2. The quantitative estimate of drug-likeness (QED) is 0.592. The minimum Gasteiger partial charge on any atom is -0.494 e. The zero-order valence-corrected chi connectivity index (χ0v) is 19.0. The van der Waals surface area contributed by atoms with Gasteiger partial charge in [0.1, 0.15) is 5.75 Å². The number of amides is 2. The Bertz CT molecular complexity index is 775. The van der Waals surface area contributed by atoms with Crippen molar-refractivity contribution in [1.29, 1.82) is 0 Å². The van der Waals surface area contributed by atoms with Crippen LogP contribution in [0.25, 0.3) is 0 Å². The van der Waals surface area contributed by atoms with Gasteiger partial charge in [-0.15, -0.1) is 12.4 Å². The van der Waals surface area contributed by atoms with Crippen LogP contribution in [0.1, 0.15) is 40.5 Å².